The maximum absolute atomic E-state index is 9.58. The van der Waals surface area contributed by atoms with Crippen LogP contribution in [0.3, 0.4) is 0 Å². The summed E-state index contributed by atoms with van der Waals surface area (Å²) in [5.74, 6) is 0.374. The molecule has 0 aliphatic heterocycles. The average molecular weight is 254 g/mol. The Labute approximate surface area is 115 Å². The average Bonchev–Trinajstić information content (AvgIpc) is 2.37. The first-order valence-corrected chi connectivity index (χ1v) is 6.88. The van der Waals surface area contributed by atoms with Crippen LogP contribution in [-0.2, 0) is 12.8 Å². The van der Waals surface area contributed by atoms with Crippen LogP contribution in [0.2, 0.25) is 0 Å². The molecule has 100 valence electrons. The van der Waals surface area contributed by atoms with Crippen molar-refractivity contribution in [1.29, 1.82) is 0 Å². The molecule has 0 saturated heterocycles. The second kappa shape index (κ2) is 5.48. The van der Waals surface area contributed by atoms with E-state index in [1.807, 2.05) is 13.0 Å². The highest BCUT2D eigenvalue weighted by Gasteiger charge is 2.06. The van der Waals surface area contributed by atoms with E-state index in [9.17, 15) is 5.11 Å². The lowest BCUT2D eigenvalue weighted by atomic mass is 9.94. The van der Waals surface area contributed by atoms with E-state index >= 15 is 0 Å². The Morgan fingerprint density at radius 3 is 2.16 bits per heavy atom. The van der Waals surface area contributed by atoms with Crippen molar-refractivity contribution in [2.75, 3.05) is 0 Å². The summed E-state index contributed by atoms with van der Waals surface area (Å²) in [6.45, 7) is 8.50. The van der Waals surface area contributed by atoms with E-state index < -0.39 is 0 Å². The Bertz CT molecular complexity index is 597. The number of phenols is 1. The molecule has 0 spiro atoms. The predicted octanol–water partition coefficient (Wildman–Crippen LogP) is 4.47. The number of hydrogen-bond donors (Lipinski definition) is 1. The minimum Gasteiger partial charge on any atom is -0.508 e. The fourth-order valence-electron chi connectivity index (χ4n) is 2.57. The Morgan fingerprint density at radius 1 is 0.842 bits per heavy atom. The molecular formula is C18H22O. The van der Waals surface area contributed by atoms with Crippen molar-refractivity contribution < 1.29 is 5.11 Å². The van der Waals surface area contributed by atoms with Gasteiger partial charge in [-0.15, -0.1) is 0 Å². The Balaban J connectivity index is 2.34. The third kappa shape index (κ3) is 2.98. The van der Waals surface area contributed by atoms with E-state index in [4.69, 9.17) is 0 Å². The lowest BCUT2D eigenvalue weighted by Gasteiger charge is -2.12. The molecule has 0 aliphatic rings. The first kappa shape index (κ1) is 13.7. The number of rotatable bonds is 3. The smallest absolute Gasteiger partial charge is 0.118 e. The zero-order valence-electron chi connectivity index (χ0n) is 12.2. The summed E-state index contributed by atoms with van der Waals surface area (Å²) in [5.41, 5.74) is 7.73. The second-order valence-electron chi connectivity index (χ2n) is 5.36. The van der Waals surface area contributed by atoms with Crippen molar-refractivity contribution >= 4 is 0 Å². The Morgan fingerprint density at radius 2 is 1.53 bits per heavy atom. The highest BCUT2D eigenvalue weighted by atomic mass is 16.3. The van der Waals surface area contributed by atoms with Crippen molar-refractivity contribution in [1.82, 2.24) is 0 Å². The molecular weight excluding hydrogens is 232 g/mol. The van der Waals surface area contributed by atoms with Gasteiger partial charge in [0, 0.05) is 0 Å². The predicted molar refractivity (Wildman–Crippen MR) is 80.9 cm³/mol. The van der Waals surface area contributed by atoms with E-state index in [0.29, 0.717) is 5.75 Å². The van der Waals surface area contributed by atoms with Gasteiger partial charge in [0.2, 0.25) is 0 Å². The molecule has 2 aromatic carbocycles. The van der Waals surface area contributed by atoms with Crippen LogP contribution in [-0.4, -0.2) is 5.11 Å². The van der Waals surface area contributed by atoms with Crippen LogP contribution in [0.25, 0.3) is 0 Å². The van der Waals surface area contributed by atoms with Gasteiger partial charge < -0.3 is 5.11 Å². The standard InChI is InChI=1S/C18H22O/c1-5-16-11-17(13(3)8-12(16)2)10-15-6-7-18(19)14(4)9-15/h6-9,11,19H,5,10H2,1-4H3. The fraction of sp³-hybridized carbons (Fsp3) is 0.333. The maximum atomic E-state index is 9.58. The van der Waals surface area contributed by atoms with Gasteiger partial charge in [-0.2, -0.15) is 0 Å². The van der Waals surface area contributed by atoms with E-state index in [1.54, 1.807) is 6.07 Å². The monoisotopic (exact) mass is 254 g/mol. The molecule has 0 amide bonds. The summed E-state index contributed by atoms with van der Waals surface area (Å²) >= 11 is 0. The minimum absolute atomic E-state index is 0.374. The summed E-state index contributed by atoms with van der Waals surface area (Å²) < 4.78 is 0. The number of benzene rings is 2. The van der Waals surface area contributed by atoms with Gasteiger partial charge >= 0.3 is 0 Å². The zero-order valence-corrected chi connectivity index (χ0v) is 12.2. The van der Waals surface area contributed by atoms with Crippen LogP contribution in [0.5, 0.6) is 5.75 Å². The molecule has 2 rings (SSSR count). The zero-order chi connectivity index (χ0) is 14.0. The molecule has 1 heteroatoms. The van der Waals surface area contributed by atoms with Gasteiger partial charge in [-0.05, 0) is 73.1 Å². The number of aromatic hydroxyl groups is 1. The second-order valence-corrected chi connectivity index (χ2v) is 5.36. The molecule has 0 aromatic heterocycles. The maximum Gasteiger partial charge on any atom is 0.118 e. The highest BCUT2D eigenvalue weighted by molar-refractivity contribution is 5.42. The molecule has 0 unspecified atom stereocenters. The van der Waals surface area contributed by atoms with Gasteiger partial charge in [-0.1, -0.05) is 31.2 Å². The fourth-order valence-corrected chi connectivity index (χ4v) is 2.57. The summed E-state index contributed by atoms with van der Waals surface area (Å²) in [5, 5.41) is 9.58. The third-order valence-electron chi connectivity index (χ3n) is 3.83. The molecule has 0 saturated carbocycles. The molecule has 1 N–H and O–H groups in total. The van der Waals surface area contributed by atoms with Crippen molar-refractivity contribution in [3.63, 3.8) is 0 Å². The first-order chi connectivity index (χ1) is 9.01. The summed E-state index contributed by atoms with van der Waals surface area (Å²) in [6, 6.07) is 10.5. The molecule has 1 nitrogen and oxygen atoms in total. The number of hydrogen-bond acceptors (Lipinski definition) is 1. The summed E-state index contributed by atoms with van der Waals surface area (Å²) in [6.07, 6.45) is 2.01. The van der Waals surface area contributed by atoms with E-state index in [-0.39, 0.29) is 0 Å². The molecule has 0 fully saturated rings. The molecule has 0 heterocycles. The van der Waals surface area contributed by atoms with Crippen LogP contribution in [0, 0.1) is 20.8 Å². The van der Waals surface area contributed by atoms with Crippen LogP contribution >= 0.6 is 0 Å². The van der Waals surface area contributed by atoms with Crippen molar-refractivity contribution in [3.8, 4) is 5.75 Å². The van der Waals surface area contributed by atoms with Gasteiger partial charge in [-0.3, -0.25) is 0 Å². The van der Waals surface area contributed by atoms with E-state index in [0.717, 1.165) is 18.4 Å². The summed E-state index contributed by atoms with van der Waals surface area (Å²) in [7, 11) is 0. The largest absolute Gasteiger partial charge is 0.508 e. The lowest BCUT2D eigenvalue weighted by Crippen LogP contribution is -1.97. The number of phenolic OH excluding ortho intramolecular Hbond substituents is 1. The SMILES string of the molecule is CCc1cc(Cc2ccc(O)c(C)c2)c(C)cc1C. The Kier molecular flexibility index (Phi) is 3.94. The van der Waals surface area contributed by atoms with Crippen molar-refractivity contribution in [2.24, 2.45) is 0 Å². The minimum atomic E-state index is 0.374. The first-order valence-electron chi connectivity index (χ1n) is 6.88. The van der Waals surface area contributed by atoms with Gasteiger partial charge in [0.15, 0.2) is 0 Å². The Hall–Kier alpha value is -1.76. The van der Waals surface area contributed by atoms with E-state index in [1.165, 1.54) is 27.8 Å². The lowest BCUT2D eigenvalue weighted by molar-refractivity contribution is 0.471. The topological polar surface area (TPSA) is 20.2 Å². The van der Waals surface area contributed by atoms with Gasteiger partial charge in [-0.25, -0.2) is 0 Å². The normalized spacial score (nSPS) is 10.7. The van der Waals surface area contributed by atoms with Gasteiger partial charge in [0.05, 0.1) is 0 Å². The van der Waals surface area contributed by atoms with Crippen LogP contribution in [0.15, 0.2) is 30.3 Å². The molecule has 0 aliphatic carbocycles. The highest BCUT2D eigenvalue weighted by Crippen LogP contribution is 2.22. The third-order valence-corrected chi connectivity index (χ3v) is 3.83. The molecule has 0 radical (unpaired) electrons. The number of aryl methyl sites for hydroxylation is 4. The van der Waals surface area contributed by atoms with Crippen LogP contribution < -0.4 is 0 Å². The van der Waals surface area contributed by atoms with Crippen LogP contribution in [0.4, 0.5) is 0 Å². The molecule has 0 bridgehead atoms. The van der Waals surface area contributed by atoms with Gasteiger partial charge in [0.1, 0.15) is 5.75 Å². The van der Waals surface area contributed by atoms with Crippen molar-refractivity contribution in [2.45, 2.75) is 40.5 Å². The van der Waals surface area contributed by atoms with Crippen molar-refractivity contribution in [3.05, 3.63) is 63.7 Å². The van der Waals surface area contributed by atoms with E-state index in [2.05, 4.69) is 39.0 Å². The summed E-state index contributed by atoms with van der Waals surface area (Å²) in [4.78, 5) is 0. The quantitative estimate of drug-likeness (QED) is 0.856. The van der Waals surface area contributed by atoms with Gasteiger partial charge in [0.25, 0.3) is 0 Å². The molecule has 2 aromatic rings. The molecule has 0 atom stereocenters. The van der Waals surface area contributed by atoms with Crippen LogP contribution in [0.1, 0.15) is 40.3 Å². The molecule has 19 heavy (non-hydrogen) atoms.